The lowest BCUT2D eigenvalue weighted by Crippen LogP contribution is -2.31. The summed E-state index contributed by atoms with van der Waals surface area (Å²) in [7, 11) is 1.92. The molecule has 2 aliphatic carbocycles. The Bertz CT molecular complexity index is 1540. The first-order valence-corrected chi connectivity index (χ1v) is 13.8. The Morgan fingerprint density at radius 1 is 0.778 bits per heavy atom. The van der Waals surface area contributed by atoms with Crippen LogP contribution in [-0.4, -0.2) is 0 Å². The second-order valence-electron chi connectivity index (χ2n) is 11.1. The van der Waals surface area contributed by atoms with Crippen LogP contribution in [0.2, 0.25) is 0 Å². The fraction of sp³-hybridized carbons (Fsp3) is 0.400. The van der Waals surface area contributed by atoms with Gasteiger partial charge in [-0.2, -0.15) is 0 Å². The van der Waals surface area contributed by atoms with Gasteiger partial charge in [-0.05, 0) is 102 Å². The molecule has 0 bridgehead atoms. The summed E-state index contributed by atoms with van der Waals surface area (Å²) in [4.78, 5) is 0. The minimum absolute atomic E-state index is 0.161. The topological polar surface area (TPSA) is 3.88 Å². The first-order chi connectivity index (χ1) is 19.1. The van der Waals surface area contributed by atoms with Gasteiger partial charge in [-0.1, -0.05) is 74.2 Å². The number of rotatable bonds is 4. The van der Waals surface area contributed by atoms with E-state index in [4.69, 9.17) is 5.48 Å². The van der Waals surface area contributed by atoms with E-state index in [9.17, 15) is 0 Å². The lowest BCUT2D eigenvalue weighted by atomic mass is 9.73. The summed E-state index contributed by atoms with van der Waals surface area (Å²) in [6.45, 7) is -0.127. The molecule has 0 aliphatic heterocycles. The Balaban J connectivity index is 1.32. The van der Waals surface area contributed by atoms with Crippen LogP contribution in [0.3, 0.4) is 0 Å². The highest BCUT2D eigenvalue weighted by Crippen LogP contribution is 2.44. The van der Waals surface area contributed by atoms with Crippen molar-refractivity contribution in [1.29, 1.82) is 0 Å². The molecule has 2 saturated carbocycles. The van der Waals surface area contributed by atoms with Crippen molar-refractivity contribution in [3.05, 3.63) is 89.6 Å². The number of hydrogen-bond acceptors (Lipinski definition) is 0. The largest absolute Gasteiger partial charge is 0.213 e. The maximum atomic E-state index is 8.95. The van der Waals surface area contributed by atoms with E-state index < -0.39 is 6.85 Å². The number of fused-ring (bicyclic) bond motifs is 1. The average molecular weight is 479 g/mol. The first kappa shape index (κ1) is 19.2. The lowest BCUT2D eigenvalue weighted by molar-refractivity contribution is -0.660. The number of nitrogens with zero attached hydrogens (tertiary/aromatic N) is 1. The molecule has 0 N–H and O–H groups in total. The van der Waals surface area contributed by atoms with Gasteiger partial charge in [-0.25, -0.2) is 4.57 Å². The highest BCUT2D eigenvalue weighted by Gasteiger charge is 2.30. The van der Waals surface area contributed by atoms with E-state index in [0.717, 1.165) is 46.2 Å². The van der Waals surface area contributed by atoms with Crippen LogP contribution in [0.4, 0.5) is 0 Å². The van der Waals surface area contributed by atoms with E-state index in [1.54, 1.807) is 6.20 Å². The molecule has 0 radical (unpaired) electrons. The molecule has 2 aliphatic rings. The Kier molecular flexibility index (Phi) is 5.26. The van der Waals surface area contributed by atoms with Gasteiger partial charge in [0.25, 0.3) is 0 Å². The Hall–Kier alpha value is -2.93. The van der Waals surface area contributed by atoms with Gasteiger partial charge in [-0.15, -0.1) is 0 Å². The molecule has 1 nitrogen and oxygen atoms in total. The normalized spacial score (nSPS) is 23.6. The maximum Gasteiger partial charge on any atom is 0.213 e. The Morgan fingerprint density at radius 3 is 2.31 bits per heavy atom. The van der Waals surface area contributed by atoms with Gasteiger partial charge in [0.1, 0.15) is 7.05 Å². The summed E-state index contributed by atoms with van der Waals surface area (Å²) in [5, 5.41) is 2.33. The second kappa shape index (κ2) is 9.85. The third kappa shape index (κ3) is 4.49. The quantitative estimate of drug-likeness (QED) is 0.258. The van der Waals surface area contributed by atoms with Crippen molar-refractivity contribution in [3.8, 4) is 22.4 Å². The molecule has 1 heterocycles. The van der Waals surface area contributed by atoms with Crippen molar-refractivity contribution in [2.75, 3.05) is 0 Å². The van der Waals surface area contributed by atoms with Crippen LogP contribution in [0.1, 0.15) is 79.5 Å². The zero-order chi connectivity index (χ0) is 28.1. The van der Waals surface area contributed by atoms with Gasteiger partial charge in [0, 0.05) is 22.7 Å². The van der Waals surface area contributed by atoms with Gasteiger partial charge in [0.2, 0.25) is 5.69 Å². The molecule has 0 saturated heterocycles. The predicted octanol–water partition coefficient (Wildman–Crippen LogP) is 9.08. The second-order valence-corrected chi connectivity index (χ2v) is 11.1. The molecule has 36 heavy (non-hydrogen) atoms. The van der Waals surface area contributed by atoms with Gasteiger partial charge in [0.05, 0.1) is 0 Å². The summed E-state index contributed by atoms with van der Waals surface area (Å²) in [6.07, 6.45) is 11.2. The highest BCUT2D eigenvalue weighted by molar-refractivity contribution is 5.88. The molecular formula is C35H40N+. The SMILES string of the molecule is [2H]C([2H])([2H])c1c[n+](C)c(-c2ccccc2C)cc1-c1ccc2cc(C3CCC(C4([2H])CCCC4)CC3)ccc2c1. The van der Waals surface area contributed by atoms with Gasteiger partial charge < -0.3 is 0 Å². The molecule has 184 valence electrons. The van der Waals surface area contributed by atoms with E-state index in [1.165, 1.54) is 49.5 Å². The maximum absolute atomic E-state index is 8.95. The fourth-order valence-electron chi connectivity index (χ4n) is 6.77. The van der Waals surface area contributed by atoms with Crippen LogP contribution < -0.4 is 4.57 Å². The predicted molar refractivity (Wildman–Crippen MR) is 152 cm³/mol. The molecule has 0 spiro atoms. The van der Waals surface area contributed by atoms with Gasteiger partial charge in [-0.3, -0.25) is 0 Å². The number of aromatic nitrogens is 1. The molecule has 1 aromatic heterocycles. The molecule has 0 unspecified atom stereocenters. The van der Waals surface area contributed by atoms with Crippen LogP contribution in [0, 0.1) is 25.6 Å². The Morgan fingerprint density at radius 2 is 1.53 bits per heavy atom. The van der Waals surface area contributed by atoms with Crippen LogP contribution in [0.15, 0.2) is 72.9 Å². The van der Waals surface area contributed by atoms with Crippen LogP contribution in [0.5, 0.6) is 0 Å². The molecule has 6 rings (SSSR count). The van der Waals surface area contributed by atoms with Crippen molar-refractivity contribution in [3.63, 3.8) is 0 Å². The molecule has 3 aromatic carbocycles. The zero-order valence-electron chi connectivity index (χ0n) is 25.7. The minimum Gasteiger partial charge on any atom is -0.201 e. The van der Waals surface area contributed by atoms with Crippen molar-refractivity contribution in [2.45, 2.75) is 71.1 Å². The summed E-state index contributed by atoms with van der Waals surface area (Å²) in [5.41, 5.74) is 6.73. The highest BCUT2D eigenvalue weighted by atomic mass is 14.9. The third-order valence-electron chi connectivity index (χ3n) is 8.89. The fourth-order valence-corrected chi connectivity index (χ4v) is 6.77. The van der Waals surface area contributed by atoms with Gasteiger partial charge >= 0.3 is 0 Å². The van der Waals surface area contributed by atoms with E-state index in [1.807, 2.05) is 29.8 Å². The third-order valence-corrected chi connectivity index (χ3v) is 8.89. The van der Waals surface area contributed by atoms with Crippen molar-refractivity contribution >= 4 is 10.8 Å². The monoisotopic (exact) mass is 478 g/mol. The lowest BCUT2D eigenvalue weighted by Gasteiger charge is -2.32. The smallest absolute Gasteiger partial charge is 0.201 e. The zero-order valence-corrected chi connectivity index (χ0v) is 21.7. The molecule has 1 heteroatoms. The van der Waals surface area contributed by atoms with Crippen molar-refractivity contribution < 1.29 is 10.1 Å². The van der Waals surface area contributed by atoms with E-state index in [2.05, 4.69) is 55.5 Å². The number of pyridine rings is 1. The summed E-state index contributed by atoms with van der Waals surface area (Å²) < 4.78 is 35.7. The molecule has 4 aromatic rings. The minimum atomic E-state index is -2.22. The molecule has 0 amide bonds. The van der Waals surface area contributed by atoms with E-state index in [-0.39, 0.29) is 5.89 Å². The average Bonchev–Trinajstić information content (AvgIpc) is 3.40. The molecule has 2 fully saturated rings. The standard InChI is InChI=1S/C35H40N/c1-24-8-4-7-11-33(24)35-22-34(25(2)23-36(35)3)32-19-18-30-20-29(16-17-31(30)21-32)28-14-12-27(13-15-28)26-9-5-6-10-26/h4,7-8,11,16-23,26-28H,5-6,9-10,12-15H2,1-3H3/q+1/i2D3,26D. The molecular weight excluding hydrogens is 434 g/mol. The molecule has 0 atom stereocenters. The van der Waals surface area contributed by atoms with E-state index >= 15 is 0 Å². The number of hydrogen-bond donors (Lipinski definition) is 0. The van der Waals surface area contributed by atoms with Crippen LogP contribution in [0.25, 0.3) is 33.2 Å². The number of aryl methyl sites for hydroxylation is 3. The van der Waals surface area contributed by atoms with E-state index in [0.29, 0.717) is 17.4 Å². The van der Waals surface area contributed by atoms with Crippen molar-refractivity contribution in [1.82, 2.24) is 0 Å². The first-order valence-electron chi connectivity index (χ1n) is 15.8. The summed E-state index contributed by atoms with van der Waals surface area (Å²) >= 11 is 0. The van der Waals surface area contributed by atoms with Crippen LogP contribution in [-0.2, 0) is 7.05 Å². The van der Waals surface area contributed by atoms with Crippen LogP contribution >= 0.6 is 0 Å². The Labute approximate surface area is 222 Å². The summed E-state index contributed by atoms with van der Waals surface area (Å²) in [6, 6.07) is 23.5. The van der Waals surface area contributed by atoms with Gasteiger partial charge in [0.15, 0.2) is 6.20 Å². The summed E-state index contributed by atoms with van der Waals surface area (Å²) in [5.74, 6) is 0.975. The van der Waals surface area contributed by atoms with Crippen molar-refractivity contribution in [2.24, 2.45) is 18.9 Å². The number of benzene rings is 3.